The SMILES string of the molecule is Cc1ccc(C(CC(=O)OC(C)C)NC(=O)CCc2nc(-c3ccncc3)no2)cc1. The van der Waals surface area contributed by atoms with Crippen LogP contribution in [0.25, 0.3) is 11.4 Å². The second kappa shape index (κ2) is 10.5. The molecule has 1 aromatic carbocycles. The van der Waals surface area contributed by atoms with E-state index in [9.17, 15) is 9.59 Å². The van der Waals surface area contributed by atoms with Gasteiger partial charge in [0, 0.05) is 30.8 Å². The number of pyridine rings is 1. The van der Waals surface area contributed by atoms with Crippen molar-refractivity contribution in [1.29, 1.82) is 0 Å². The summed E-state index contributed by atoms with van der Waals surface area (Å²) in [5.74, 6) is 0.242. The number of amides is 1. The van der Waals surface area contributed by atoms with Crippen LogP contribution in [0.1, 0.15) is 49.7 Å². The quantitative estimate of drug-likeness (QED) is 0.525. The molecule has 0 aliphatic carbocycles. The monoisotopic (exact) mass is 422 g/mol. The average Bonchev–Trinajstić information content (AvgIpc) is 3.21. The van der Waals surface area contributed by atoms with Gasteiger partial charge in [-0.1, -0.05) is 35.0 Å². The first-order valence-corrected chi connectivity index (χ1v) is 10.2. The van der Waals surface area contributed by atoms with Crippen LogP contribution in [0.3, 0.4) is 0 Å². The second-order valence-electron chi connectivity index (χ2n) is 7.52. The van der Waals surface area contributed by atoms with Crippen molar-refractivity contribution in [2.75, 3.05) is 0 Å². The molecule has 2 aromatic heterocycles. The van der Waals surface area contributed by atoms with E-state index in [4.69, 9.17) is 9.26 Å². The predicted octanol–water partition coefficient (Wildman–Crippen LogP) is 3.57. The number of hydrogen-bond donors (Lipinski definition) is 1. The molecule has 0 radical (unpaired) electrons. The molecule has 1 atom stereocenters. The van der Waals surface area contributed by atoms with Crippen LogP contribution in [0.2, 0.25) is 0 Å². The smallest absolute Gasteiger partial charge is 0.308 e. The van der Waals surface area contributed by atoms with E-state index in [1.165, 1.54) is 0 Å². The lowest BCUT2D eigenvalue weighted by Crippen LogP contribution is -2.31. The fraction of sp³-hybridized carbons (Fsp3) is 0.348. The zero-order valence-electron chi connectivity index (χ0n) is 17.9. The average molecular weight is 422 g/mol. The number of nitrogens with zero attached hydrogens (tertiary/aromatic N) is 3. The molecule has 31 heavy (non-hydrogen) atoms. The fourth-order valence-electron chi connectivity index (χ4n) is 2.99. The maximum absolute atomic E-state index is 12.6. The summed E-state index contributed by atoms with van der Waals surface area (Å²) in [7, 11) is 0. The van der Waals surface area contributed by atoms with Gasteiger partial charge >= 0.3 is 5.97 Å². The molecule has 8 heteroatoms. The minimum absolute atomic E-state index is 0.0553. The zero-order chi connectivity index (χ0) is 22.2. The Morgan fingerprint density at radius 3 is 2.48 bits per heavy atom. The molecule has 0 saturated heterocycles. The van der Waals surface area contributed by atoms with Crippen molar-refractivity contribution >= 4 is 11.9 Å². The lowest BCUT2D eigenvalue weighted by atomic mass is 10.0. The number of aromatic nitrogens is 3. The fourth-order valence-corrected chi connectivity index (χ4v) is 2.99. The molecule has 3 aromatic rings. The lowest BCUT2D eigenvalue weighted by Gasteiger charge is -2.19. The number of hydrogen-bond acceptors (Lipinski definition) is 7. The van der Waals surface area contributed by atoms with Crippen LogP contribution in [-0.4, -0.2) is 33.1 Å². The van der Waals surface area contributed by atoms with Crippen LogP contribution >= 0.6 is 0 Å². The summed E-state index contributed by atoms with van der Waals surface area (Å²) in [6.45, 7) is 5.57. The van der Waals surface area contributed by atoms with E-state index >= 15 is 0 Å². The van der Waals surface area contributed by atoms with Crippen LogP contribution < -0.4 is 5.32 Å². The Labute approximate surface area is 181 Å². The van der Waals surface area contributed by atoms with Gasteiger partial charge in [-0.15, -0.1) is 0 Å². The van der Waals surface area contributed by atoms with Crippen molar-refractivity contribution in [1.82, 2.24) is 20.4 Å². The van der Waals surface area contributed by atoms with Gasteiger partial charge in [0.15, 0.2) is 0 Å². The predicted molar refractivity (Wildman–Crippen MR) is 114 cm³/mol. The first-order chi connectivity index (χ1) is 14.9. The van der Waals surface area contributed by atoms with Gasteiger partial charge in [-0.2, -0.15) is 4.98 Å². The number of carbonyl (C=O) groups excluding carboxylic acids is 2. The summed E-state index contributed by atoms with van der Waals surface area (Å²) in [5, 5.41) is 6.87. The molecule has 0 aliphatic rings. The summed E-state index contributed by atoms with van der Waals surface area (Å²) >= 11 is 0. The third kappa shape index (κ3) is 6.74. The molecule has 1 amide bonds. The summed E-state index contributed by atoms with van der Waals surface area (Å²) in [6, 6.07) is 10.8. The minimum Gasteiger partial charge on any atom is -0.463 e. The van der Waals surface area contributed by atoms with Crippen LogP contribution in [0.5, 0.6) is 0 Å². The molecule has 2 heterocycles. The van der Waals surface area contributed by atoms with Gasteiger partial charge < -0.3 is 14.6 Å². The molecule has 1 unspecified atom stereocenters. The number of aryl methyl sites for hydroxylation is 2. The third-order valence-electron chi connectivity index (χ3n) is 4.53. The Hall–Kier alpha value is -3.55. The molecule has 1 N–H and O–H groups in total. The van der Waals surface area contributed by atoms with E-state index in [0.29, 0.717) is 18.1 Å². The van der Waals surface area contributed by atoms with Gasteiger partial charge in [0.1, 0.15) is 0 Å². The van der Waals surface area contributed by atoms with E-state index in [0.717, 1.165) is 16.7 Å². The maximum Gasteiger partial charge on any atom is 0.308 e. The highest BCUT2D eigenvalue weighted by Gasteiger charge is 2.20. The molecule has 0 aliphatic heterocycles. The third-order valence-corrected chi connectivity index (χ3v) is 4.53. The van der Waals surface area contributed by atoms with Crippen molar-refractivity contribution in [2.24, 2.45) is 0 Å². The highest BCUT2D eigenvalue weighted by Crippen LogP contribution is 2.20. The van der Waals surface area contributed by atoms with Crippen molar-refractivity contribution in [2.45, 2.75) is 52.2 Å². The van der Waals surface area contributed by atoms with Gasteiger partial charge in [0.25, 0.3) is 0 Å². The van der Waals surface area contributed by atoms with Crippen molar-refractivity contribution < 1.29 is 18.8 Å². The topological polar surface area (TPSA) is 107 Å². The van der Waals surface area contributed by atoms with Crippen molar-refractivity contribution in [3.05, 3.63) is 65.8 Å². The highest BCUT2D eigenvalue weighted by molar-refractivity contribution is 5.78. The van der Waals surface area contributed by atoms with Gasteiger partial charge in [0.05, 0.1) is 18.6 Å². The van der Waals surface area contributed by atoms with Gasteiger partial charge in [0.2, 0.25) is 17.6 Å². The van der Waals surface area contributed by atoms with E-state index in [1.807, 2.05) is 31.2 Å². The van der Waals surface area contributed by atoms with Gasteiger partial charge in [-0.05, 0) is 38.5 Å². The zero-order valence-corrected chi connectivity index (χ0v) is 17.9. The summed E-state index contributed by atoms with van der Waals surface area (Å²) in [4.78, 5) is 33.1. The Balaban J connectivity index is 1.61. The number of esters is 1. The number of rotatable bonds is 9. The first-order valence-electron chi connectivity index (χ1n) is 10.2. The largest absolute Gasteiger partial charge is 0.463 e. The normalized spacial score (nSPS) is 11.9. The van der Waals surface area contributed by atoms with E-state index < -0.39 is 6.04 Å². The van der Waals surface area contributed by atoms with Crippen LogP contribution in [0.15, 0.2) is 53.3 Å². The Morgan fingerprint density at radius 2 is 1.81 bits per heavy atom. The number of nitrogens with one attached hydrogen (secondary N) is 1. The molecular formula is C23H26N4O4. The molecule has 162 valence electrons. The molecular weight excluding hydrogens is 396 g/mol. The van der Waals surface area contributed by atoms with Crippen LogP contribution in [0.4, 0.5) is 0 Å². The standard InChI is InChI=1S/C23H26N4O4/c1-15(2)30-22(29)14-19(17-6-4-16(3)5-7-17)25-20(28)8-9-21-26-23(27-31-21)18-10-12-24-13-11-18/h4-7,10-13,15,19H,8-9,14H2,1-3H3,(H,25,28). The van der Waals surface area contributed by atoms with Gasteiger partial charge in [-0.3, -0.25) is 14.6 Å². The maximum atomic E-state index is 12.6. The molecule has 0 saturated carbocycles. The van der Waals surface area contributed by atoms with E-state index in [1.54, 1.807) is 38.4 Å². The first kappa shape index (κ1) is 22.1. The number of benzene rings is 1. The number of ether oxygens (including phenoxy) is 1. The molecule has 3 rings (SSSR count). The second-order valence-corrected chi connectivity index (χ2v) is 7.52. The van der Waals surface area contributed by atoms with Crippen molar-refractivity contribution in [3.63, 3.8) is 0 Å². The lowest BCUT2D eigenvalue weighted by molar-refractivity contribution is -0.148. The molecule has 0 fully saturated rings. The Kier molecular flexibility index (Phi) is 7.48. The van der Waals surface area contributed by atoms with E-state index in [-0.39, 0.29) is 30.8 Å². The summed E-state index contributed by atoms with van der Waals surface area (Å²) < 4.78 is 10.5. The molecule has 8 nitrogen and oxygen atoms in total. The van der Waals surface area contributed by atoms with Crippen LogP contribution in [-0.2, 0) is 20.7 Å². The summed E-state index contributed by atoms with van der Waals surface area (Å²) in [5.41, 5.74) is 2.73. The number of carbonyl (C=O) groups is 2. The van der Waals surface area contributed by atoms with E-state index in [2.05, 4.69) is 20.4 Å². The molecule has 0 spiro atoms. The van der Waals surface area contributed by atoms with Gasteiger partial charge in [-0.25, -0.2) is 0 Å². The van der Waals surface area contributed by atoms with Crippen molar-refractivity contribution in [3.8, 4) is 11.4 Å². The van der Waals surface area contributed by atoms with Crippen LogP contribution in [0, 0.1) is 6.92 Å². The highest BCUT2D eigenvalue weighted by atomic mass is 16.5. The Morgan fingerprint density at radius 1 is 1.10 bits per heavy atom. The minimum atomic E-state index is -0.477. The summed E-state index contributed by atoms with van der Waals surface area (Å²) in [6.07, 6.45) is 3.58. The Bertz CT molecular complexity index is 1000. The molecule has 0 bridgehead atoms.